The third-order valence-electron chi connectivity index (χ3n) is 14.6. The molecule has 2 aliphatic rings. The molecule has 3 heterocycles. The molecule has 1 aromatic carbocycles. The quantitative estimate of drug-likeness (QED) is 0.0136. The van der Waals surface area contributed by atoms with Crippen LogP contribution in [0.3, 0.4) is 0 Å². The molecule has 4 rings (SSSR count). The number of benzene rings is 1. The van der Waals surface area contributed by atoms with Crippen molar-refractivity contribution >= 4 is 77.3 Å². The Hall–Kier alpha value is -8.74. The zero-order valence-corrected chi connectivity index (χ0v) is 48.7. The number of likely N-dealkylation sites (tertiary alicyclic amines) is 2. The van der Waals surface area contributed by atoms with Crippen LogP contribution in [-0.2, 0) is 70.4 Å². The molecule has 0 radical (unpaired) electrons. The number of guanidine groups is 1. The number of nitrogens with one attached hydrogen (secondary N) is 8. The molecule has 31 heteroatoms. The number of carbonyl (C=O) groups is 12. The lowest BCUT2D eigenvalue weighted by molar-refractivity contribution is -0.148. The molecule has 0 bridgehead atoms. The van der Waals surface area contributed by atoms with Crippen LogP contribution >= 0.6 is 0 Å². The summed E-state index contributed by atoms with van der Waals surface area (Å²) >= 11 is 0. The van der Waals surface area contributed by atoms with Crippen LogP contribution in [0.25, 0.3) is 0 Å². The number of unbranched alkanes of at least 4 members (excludes halogenated alkanes) is 1. The van der Waals surface area contributed by atoms with Crippen LogP contribution < -0.4 is 60.2 Å². The van der Waals surface area contributed by atoms with Gasteiger partial charge >= 0.3 is 11.9 Å². The van der Waals surface area contributed by atoms with Gasteiger partial charge in [0.2, 0.25) is 53.2 Å². The van der Waals surface area contributed by atoms with Gasteiger partial charge in [-0.1, -0.05) is 26.0 Å². The first-order valence-corrected chi connectivity index (χ1v) is 28.7. The van der Waals surface area contributed by atoms with E-state index in [1.165, 1.54) is 53.5 Å². The Kier molecular flexibility index (Phi) is 28.3. The highest BCUT2D eigenvalue weighted by Gasteiger charge is 2.44. The summed E-state index contributed by atoms with van der Waals surface area (Å²) in [4.78, 5) is 175. The normalized spacial score (nSPS) is 17.5. The summed E-state index contributed by atoms with van der Waals surface area (Å²) in [5.74, 6) is -10.5. The van der Waals surface area contributed by atoms with E-state index in [0.29, 0.717) is 49.8 Å². The number of carboxylic acid groups (broad SMARTS) is 2. The number of aromatic hydroxyl groups is 1. The van der Waals surface area contributed by atoms with Crippen molar-refractivity contribution in [1.29, 1.82) is 0 Å². The molecule has 2 aliphatic heterocycles. The second-order valence-electron chi connectivity index (χ2n) is 21.7. The van der Waals surface area contributed by atoms with Crippen LogP contribution in [0, 0.1) is 5.92 Å². The maximum absolute atomic E-state index is 14.6. The van der Waals surface area contributed by atoms with Gasteiger partial charge in [-0.2, -0.15) is 0 Å². The van der Waals surface area contributed by atoms with E-state index in [9.17, 15) is 67.7 Å². The van der Waals surface area contributed by atoms with Crippen molar-refractivity contribution in [3.8, 4) is 5.75 Å². The number of H-pyrrole nitrogens is 1. The van der Waals surface area contributed by atoms with Crippen LogP contribution in [0.4, 0.5) is 0 Å². The standard InChI is InChI=1S/C55H84N16O15/c1-30(2)45(69-46(78)36(57)17-19-43(74)75)52(84)63-31(3)53(85)71-24-8-12-42(71)54(86)70-23-7-11-41(70)51(83)66-38(18-20-44(76)77)48(80)67-39(25-32-13-15-35(73)16-14-32)49(81)68-40(26-34-27-60-29-62-34)50(82)65-37(10-6-22-61-55(58)59)47(79)64-33(28-72)9-4-5-21-56/h13-16,27-31,33,36-42,45,73H,4-12,17-26,56-57H2,1-3H3,(H,60,62)(H,63,84)(H,64,79)(H,65,82)(H,66,83)(H,67,80)(H,68,81)(H,69,78)(H,74,75)(H,76,77)(H4,58,59,61)/t31-,33-,36-,37-,38-,39-,40-,41-,42-,45-/m0/s1. The summed E-state index contributed by atoms with van der Waals surface area (Å²) in [5, 5.41) is 47.1. The molecule has 86 heavy (non-hydrogen) atoms. The summed E-state index contributed by atoms with van der Waals surface area (Å²) in [6, 6.07) is -7.16. The lowest BCUT2D eigenvalue weighted by Gasteiger charge is -2.33. The van der Waals surface area contributed by atoms with Crippen molar-refractivity contribution in [2.75, 3.05) is 26.2 Å². The van der Waals surface area contributed by atoms with E-state index in [2.05, 4.69) is 52.2 Å². The van der Waals surface area contributed by atoms with Gasteiger partial charge in [0, 0.05) is 57.2 Å². The van der Waals surface area contributed by atoms with Crippen LogP contribution in [0.1, 0.15) is 115 Å². The van der Waals surface area contributed by atoms with Gasteiger partial charge in [-0.15, -0.1) is 0 Å². The molecule has 31 nitrogen and oxygen atoms in total. The van der Waals surface area contributed by atoms with Crippen molar-refractivity contribution in [2.45, 2.75) is 178 Å². The number of aliphatic imine (C=N–C) groups is 1. The van der Waals surface area contributed by atoms with Crippen LogP contribution in [-0.4, -0.2) is 199 Å². The smallest absolute Gasteiger partial charge is 0.303 e. The lowest BCUT2D eigenvalue weighted by Crippen LogP contribution is -2.60. The number of imidazole rings is 1. The van der Waals surface area contributed by atoms with Gasteiger partial charge in [0.1, 0.15) is 60.4 Å². The Morgan fingerprint density at radius 1 is 0.686 bits per heavy atom. The molecule has 1 aromatic heterocycles. The fourth-order valence-electron chi connectivity index (χ4n) is 9.86. The van der Waals surface area contributed by atoms with Crippen molar-refractivity contribution in [2.24, 2.45) is 33.8 Å². The first-order chi connectivity index (χ1) is 40.8. The largest absolute Gasteiger partial charge is 0.508 e. The number of aldehydes is 1. The molecule has 2 fully saturated rings. The fourth-order valence-corrected chi connectivity index (χ4v) is 9.86. The van der Waals surface area contributed by atoms with Gasteiger partial charge in [-0.05, 0) is 108 Å². The topological polar surface area (TPSA) is 501 Å². The summed E-state index contributed by atoms with van der Waals surface area (Å²) in [6.45, 7) is 5.31. The predicted molar refractivity (Wildman–Crippen MR) is 308 cm³/mol. The maximum Gasteiger partial charge on any atom is 0.303 e. The minimum atomic E-state index is -1.63. The lowest BCUT2D eigenvalue weighted by atomic mass is 10.0. The molecule has 2 aromatic rings. The average Bonchev–Trinajstić information content (AvgIpc) is 3.56. The van der Waals surface area contributed by atoms with Crippen molar-refractivity contribution in [3.63, 3.8) is 0 Å². The highest BCUT2D eigenvalue weighted by Crippen LogP contribution is 2.26. The predicted octanol–water partition coefficient (Wildman–Crippen LogP) is -3.61. The summed E-state index contributed by atoms with van der Waals surface area (Å²) < 4.78 is 0. The molecule has 474 valence electrons. The number of hydrogen-bond acceptors (Lipinski definition) is 17. The number of aromatic amines is 1. The van der Waals surface area contributed by atoms with Gasteiger partial charge in [-0.25, -0.2) is 4.98 Å². The van der Waals surface area contributed by atoms with E-state index >= 15 is 0 Å². The van der Waals surface area contributed by atoms with Crippen molar-refractivity contribution in [1.82, 2.24) is 57.0 Å². The van der Waals surface area contributed by atoms with E-state index < -0.39 is 144 Å². The average molecular weight is 1210 g/mol. The van der Waals surface area contributed by atoms with Gasteiger partial charge in [0.25, 0.3) is 0 Å². The number of aromatic nitrogens is 2. The molecule has 9 amide bonds. The van der Waals surface area contributed by atoms with E-state index in [1.807, 2.05) is 0 Å². The van der Waals surface area contributed by atoms with E-state index in [1.54, 1.807) is 13.8 Å². The van der Waals surface area contributed by atoms with Crippen LogP contribution in [0.2, 0.25) is 0 Å². The number of rotatable bonds is 36. The number of aliphatic carboxylic acids is 2. The summed E-state index contributed by atoms with van der Waals surface area (Å²) in [6.07, 6.45) is 3.63. The molecular formula is C55H84N16O15. The number of nitrogens with zero attached hydrogens (tertiary/aromatic N) is 4. The first kappa shape index (κ1) is 69.8. The highest BCUT2D eigenvalue weighted by atomic mass is 16.4. The second kappa shape index (κ2) is 34.9. The van der Waals surface area contributed by atoms with Crippen molar-refractivity contribution in [3.05, 3.63) is 48.0 Å². The fraction of sp³-hybridized carbons (Fsp3) is 0.600. The molecule has 0 spiro atoms. The van der Waals surface area contributed by atoms with Crippen LogP contribution in [0.15, 0.2) is 41.8 Å². The van der Waals surface area contributed by atoms with Gasteiger partial charge in [0.15, 0.2) is 5.96 Å². The number of nitrogens with two attached hydrogens (primary N) is 4. The number of carboxylic acids is 2. The number of phenols is 1. The van der Waals surface area contributed by atoms with E-state index in [-0.39, 0.29) is 89.1 Å². The SMILES string of the molecule is CC(C)[C@H](NC(=O)[C@@H](N)CCC(=O)O)C(=O)N[C@@H](C)C(=O)N1CCC[C@H]1C(=O)N1CCC[C@H]1C(=O)N[C@@H](CCC(=O)O)C(=O)N[C@@H](Cc1ccc(O)cc1)C(=O)N[C@@H](Cc1cnc[nH]1)C(=O)N[C@@H](CCCN=C(N)N)C(=O)N[C@H](C=O)CCCCN. The molecule has 0 saturated carbocycles. The number of amides is 9. The Labute approximate surface area is 497 Å². The van der Waals surface area contributed by atoms with Gasteiger partial charge in [0.05, 0.1) is 18.4 Å². The zero-order chi connectivity index (χ0) is 63.6. The van der Waals surface area contributed by atoms with Gasteiger partial charge < -0.3 is 95.1 Å². The third-order valence-corrected chi connectivity index (χ3v) is 14.6. The third kappa shape index (κ3) is 22.4. The zero-order valence-electron chi connectivity index (χ0n) is 48.7. The minimum Gasteiger partial charge on any atom is -0.508 e. The molecule has 19 N–H and O–H groups in total. The summed E-state index contributed by atoms with van der Waals surface area (Å²) in [5.41, 5.74) is 23.2. The number of hydrogen-bond donors (Lipinski definition) is 15. The first-order valence-electron chi connectivity index (χ1n) is 28.7. The molecule has 0 aliphatic carbocycles. The van der Waals surface area contributed by atoms with E-state index in [0.717, 1.165) is 0 Å². The molecule has 0 unspecified atom stereocenters. The molecule has 2 saturated heterocycles. The van der Waals surface area contributed by atoms with E-state index in [4.69, 9.17) is 28.0 Å². The number of phenolic OH excluding ortho intramolecular Hbond substituents is 1. The highest BCUT2D eigenvalue weighted by molar-refractivity contribution is 5.99. The van der Waals surface area contributed by atoms with Gasteiger partial charge in [-0.3, -0.25) is 57.7 Å². The monoisotopic (exact) mass is 1210 g/mol. The van der Waals surface area contributed by atoms with Crippen molar-refractivity contribution < 1.29 is 72.9 Å². The Bertz CT molecular complexity index is 2690. The number of carbonyl (C=O) groups excluding carboxylic acids is 10. The Morgan fingerprint density at radius 3 is 1.86 bits per heavy atom. The van der Waals surface area contributed by atoms with Crippen LogP contribution in [0.5, 0.6) is 5.75 Å². The minimum absolute atomic E-state index is 0.0236. The second-order valence-corrected chi connectivity index (χ2v) is 21.7. The molecular weight excluding hydrogens is 1120 g/mol. The Balaban J connectivity index is 1.56. The maximum atomic E-state index is 14.6. The summed E-state index contributed by atoms with van der Waals surface area (Å²) in [7, 11) is 0. The Morgan fingerprint density at radius 2 is 1.27 bits per heavy atom. The molecule has 10 atom stereocenters.